The molecule has 1 aromatic heterocycles. The van der Waals surface area contributed by atoms with Gasteiger partial charge in [0.25, 0.3) is 0 Å². The van der Waals surface area contributed by atoms with Gasteiger partial charge in [-0.05, 0) is 6.92 Å². The van der Waals surface area contributed by atoms with Gasteiger partial charge in [-0.15, -0.1) is 0 Å². The van der Waals surface area contributed by atoms with Crippen molar-refractivity contribution in [1.29, 1.82) is 0 Å². The molecule has 8 heteroatoms. The van der Waals surface area contributed by atoms with Gasteiger partial charge in [0.2, 0.25) is 5.91 Å². The van der Waals surface area contributed by atoms with Gasteiger partial charge in [-0.2, -0.15) is 11.8 Å². The molecule has 1 unspecified atom stereocenters. The molecule has 0 aliphatic carbocycles. The molecule has 0 spiro atoms. The smallest absolute Gasteiger partial charge is 0.323 e. The minimum atomic E-state index is -0.656. The number of rotatable bonds is 7. The number of ether oxygens (including phenoxy) is 1. The molecule has 1 rings (SSSR count). The van der Waals surface area contributed by atoms with Crippen LogP contribution in [0.15, 0.2) is 10.6 Å². The van der Waals surface area contributed by atoms with E-state index in [9.17, 15) is 9.59 Å². The average molecular weight is 287 g/mol. The Morgan fingerprint density at radius 1 is 1.63 bits per heavy atom. The highest BCUT2D eigenvalue weighted by Crippen LogP contribution is 2.09. The number of carbonyl (C=O) groups is 2. The molecule has 1 aromatic rings. The standard InChI is InChI=1S/C11H17N3O4S/c1-7-5-9(14-18-7)13-10(15)3-4-19-6-8(12)11(16)17-2/h5,8H,3-4,6,12H2,1-2H3,(H,13,14,15). The number of aromatic nitrogens is 1. The maximum Gasteiger partial charge on any atom is 0.323 e. The number of hydrogen-bond donors (Lipinski definition) is 2. The van der Waals surface area contributed by atoms with E-state index < -0.39 is 12.0 Å². The van der Waals surface area contributed by atoms with E-state index in [-0.39, 0.29) is 5.91 Å². The molecule has 1 atom stereocenters. The van der Waals surface area contributed by atoms with E-state index in [0.717, 1.165) is 0 Å². The Kier molecular flexibility index (Phi) is 6.37. The molecule has 0 saturated heterocycles. The van der Waals surface area contributed by atoms with Gasteiger partial charge in [-0.3, -0.25) is 9.59 Å². The number of thioether (sulfide) groups is 1. The Bertz CT molecular complexity index is 435. The van der Waals surface area contributed by atoms with Gasteiger partial charge < -0.3 is 20.3 Å². The van der Waals surface area contributed by atoms with Gasteiger partial charge in [0.05, 0.1) is 7.11 Å². The van der Waals surface area contributed by atoms with Crippen LogP contribution < -0.4 is 11.1 Å². The summed E-state index contributed by atoms with van der Waals surface area (Å²) >= 11 is 1.42. The minimum Gasteiger partial charge on any atom is -0.468 e. The quantitative estimate of drug-likeness (QED) is 0.556. The zero-order valence-electron chi connectivity index (χ0n) is 10.8. The van der Waals surface area contributed by atoms with Crippen LogP contribution in [-0.2, 0) is 14.3 Å². The van der Waals surface area contributed by atoms with Gasteiger partial charge in [0, 0.05) is 24.0 Å². The second-order valence-corrected chi connectivity index (χ2v) is 4.98. The minimum absolute atomic E-state index is 0.160. The molecule has 19 heavy (non-hydrogen) atoms. The second kappa shape index (κ2) is 7.80. The summed E-state index contributed by atoms with van der Waals surface area (Å²) in [5.41, 5.74) is 5.55. The Hall–Kier alpha value is -1.54. The number of anilines is 1. The van der Waals surface area contributed by atoms with Crippen molar-refractivity contribution in [1.82, 2.24) is 5.16 Å². The molecule has 0 aromatic carbocycles. The highest BCUT2D eigenvalue weighted by atomic mass is 32.2. The summed E-state index contributed by atoms with van der Waals surface area (Å²) in [5.74, 6) is 1.41. The van der Waals surface area contributed by atoms with E-state index in [1.54, 1.807) is 13.0 Å². The number of aryl methyl sites for hydroxylation is 1. The van der Waals surface area contributed by atoms with E-state index in [0.29, 0.717) is 29.5 Å². The number of hydrogen-bond acceptors (Lipinski definition) is 7. The fraction of sp³-hybridized carbons (Fsp3) is 0.545. The summed E-state index contributed by atoms with van der Waals surface area (Å²) in [6, 6.07) is 0.981. The third-order valence-corrected chi connectivity index (χ3v) is 3.26. The van der Waals surface area contributed by atoms with Crippen molar-refractivity contribution < 1.29 is 18.8 Å². The highest BCUT2D eigenvalue weighted by Gasteiger charge is 2.13. The van der Waals surface area contributed by atoms with Crippen molar-refractivity contribution in [3.63, 3.8) is 0 Å². The Morgan fingerprint density at radius 2 is 2.37 bits per heavy atom. The van der Waals surface area contributed by atoms with E-state index in [1.165, 1.54) is 18.9 Å². The van der Waals surface area contributed by atoms with Crippen LogP contribution in [0.1, 0.15) is 12.2 Å². The normalized spacial score (nSPS) is 11.9. The number of nitrogens with two attached hydrogens (primary N) is 1. The molecule has 0 fully saturated rings. The van der Waals surface area contributed by atoms with Crippen molar-refractivity contribution in [2.24, 2.45) is 5.73 Å². The van der Waals surface area contributed by atoms with Crippen LogP contribution in [0.4, 0.5) is 5.82 Å². The lowest BCUT2D eigenvalue weighted by Crippen LogP contribution is -2.34. The fourth-order valence-electron chi connectivity index (χ4n) is 1.23. The van der Waals surface area contributed by atoms with Gasteiger partial charge in [0.15, 0.2) is 5.82 Å². The summed E-state index contributed by atoms with van der Waals surface area (Å²) in [6.07, 6.45) is 0.310. The SMILES string of the molecule is COC(=O)C(N)CSCCC(=O)Nc1cc(C)on1. The van der Waals surface area contributed by atoms with Gasteiger partial charge in [-0.25, -0.2) is 0 Å². The third-order valence-electron chi connectivity index (χ3n) is 2.17. The first-order valence-electron chi connectivity index (χ1n) is 5.67. The van der Waals surface area contributed by atoms with Crippen molar-refractivity contribution in [2.45, 2.75) is 19.4 Å². The molecule has 0 radical (unpaired) electrons. The van der Waals surface area contributed by atoms with Crippen LogP contribution in [0.3, 0.4) is 0 Å². The van der Waals surface area contributed by atoms with Gasteiger partial charge in [-0.1, -0.05) is 5.16 Å². The predicted molar refractivity (Wildman–Crippen MR) is 71.8 cm³/mol. The Balaban J connectivity index is 2.15. The predicted octanol–water partition coefficient (Wildman–Crippen LogP) is 0.545. The van der Waals surface area contributed by atoms with Crippen LogP contribution >= 0.6 is 11.8 Å². The maximum absolute atomic E-state index is 11.5. The molecule has 0 aliphatic rings. The van der Waals surface area contributed by atoms with Crippen LogP contribution in [-0.4, -0.2) is 41.7 Å². The molecule has 106 valence electrons. The molecule has 3 N–H and O–H groups in total. The lowest BCUT2D eigenvalue weighted by Gasteiger charge is -2.08. The van der Waals surface area contributed by atoms with Crippen molar-refractivity contribution >= 4 is 29.5 Å². The summed E-state index contributed by atoms with van der Waals surface area (Å²) < 4.78 is 9.32. The zero-order valence-corrected chi connectivity index (χ0v) is 11.7. The molecule has 1 amide bonds. The summed E-state index contributed by atoms with van der Waals surface area (Å²) in [5, 5.41) is 6.26. The molecule has 7 nitrogen and oxygen atoms in total. The molecular weight excluding hydrogens is 270 g/mol. The second-order valence-electron chi connectivity index (χ2n) is 3.83. The number of esters is 1. The van der Waals surface area contributed by atoms with E-state index in [4.69, 9.17) is 10.3 Å². The third kappa shape index (κ3) is 5.75. The average Bonchev–Trinajstić information content (AvgIpc) is 2.78. The Labute approximate surface area is 115 Å². The fourth-order valence-corrected chi connectivity index (χ4v) is 2.11. The Morgan fingerprint density at radius 3 is 2.95 bits per heavy atom. The van der Waals surface area contributed by atoms with E-state index in [1.807, 2.05) is 0 Å². The van der Waals surface area contributed by atoms with E-state index >= 15 is 0 Å². The lowest BCUT2D eigenvalue weighted by molar-refractivity contribution is -0.141. The first kappa shape index (κ1) is 15.5. The van der Waals surface area contributed by atoms with E-state index in [2.05, 4.69) is 15.2 Å². The monoisotopic (exact) mass is 287 g/mol. The van der Waals surface area contributed by atoms with Gasteiger partial charge >= 0.3 is 5.97 Å². The van der Waals surface area contributed by atoms with Crippen molar-refractivity contribution in [3.8, 4) is 0 Å². The zero-order chi connectivity index (χ0) is 14.3. The first-order chi connectivity index (χ1) is 9.02. The molecule has 0 saturated carbocycles. The molecule has 0 bridgehead atoms. The largest absolute Gasteiger partial charge is 0.468 e. The molecule has 1 heterocycles. The maximum atomic E-state index is 11.5. The lowest BCUT2D eigenvalue weighted by atomic mass is 10.4. The summed E-state index contributed by atoms with van der Waals surface area (Å²) in [6.45, 7) is 1.74. The number of nitrogens with zero attached hydrogens (tertiary/aromatic N) is 1. The molecular formula is C11H17N3O4S. The van der Waals surface area contributed by atoms with Crippen LogP contribution in [0, 0.1) is 6.92 Å². The number of carbonyl (C=O) groups excluding carboxylic acids is 2. The number of amides is 1. The molecule has 0 aliphatic heterocycles. The highest BCUT2D eigenvalue weighted by molar-refractivity contribution is 7.99. The summed E-state index contributed by atoms with van der Waals surface area (Å²) in [4.78, 5) is 22.6. The van der Waals surface area contributed by atoms with Gasteiger partial charge in [0.1, 0.15) is 11.8 Å². The van der Waals surface area contributed by atoms with Crippen molar-refractivity contribution in [3.05, 3.63) is 11.8 Å². The topological polar surface area (TPSA) is 107 Å². The van der Waals surface area contributed by atoms with Crippen LogP contribution in [0.5, 0.6) is 0 Å². The summed E-state index contributed by atoms with van der Waals surface area (Å²) in [7, 11) is 1.29. The van der Waals surface area contributed by atoms with Crippen LogP contribution in [0.25, 0.3) is 0 Å². The van der Waals surface area contributed by atoms with Crippen molar-refractivity contribution in [2.75, 3.05) is 23.9 Å². The number of methoxy groups -OCH3 is 1. The van der Waals surface area contributed by atoms with Crippen LogP contribution in [0.2, 0.25) is 0 Å². The first-order valence-corrected chi connectivity index (χ1v) is 6.82. The number of nitrogens with one attached hydrogen (secondary N) is 1.